The highest BCUT2D eigenvalue weighted by Gasteiger charge is 2.26. The van der Waals surface area contributed by atoms with E-state index >= 15 is 0 Å². The summed E-state index contributed by atoms with van der Waals surface area (Å²) in [6.07, 6.45) is -4.47. The number of rotatable bonds is 9. The molecular weight excluding hydrogens is 271 g/mol. The zero-order valence-corrected chi connectivity index (χ0v) is 11.1. The molecule has 0 aliphatic rings. The predicted molar refractivity (Wildman–Crippen MR) is 63.1 cm³/mol. The van der Waals surface area contributed by atoms with Crippen LogP contribution in [0.3, 0.4) is 0 Å². The van der Waals surface area contributed by atoms with Crippen LogP contribution in [0.25, 0.3) is 0 Å². The maximum absolute atomic E-state index is 11.8. The van der Waals surface area contributed by atoms with Crippen LogP contribution in [0.1, 0.15) is 25.7 Å². The number of halogens is 3. The summed E-state index contributed by atoms with van der Waals surface area (Å²) < 4.78 is 61.9. The first-order chi connectivity index (χ1) is 8.19. The van der Waals surface area contributed by atoms with Gasteiger partial charge in [-0.25, -0.2) is 4.72 Å². The number of nitrogens with one attached hydrogen (secondary N) is 1. The maximum atomic E-state index is 11.8. The molecule has 0 fully saturated rings. The standard InChI is InChI=1S/C9H20F3N3O2S/c1-15(8-4-6-13)18(16,17)14-7-3-2-5-9(10,11)12/h14H,2-8,13H2,1H3. The van der Waals surface area contributed by atoms with E-state index < -0.39 is 22.8 Å². The Morgan fingerprint density at radius 2 is 1.83 bits per heavy atom. The summed E-state index contributed by atoms with van der Waals surface area (Å²) in [6, 6.07) is 0. The summed E-state index contributed by atoms with van der Waals surface area (Å²) in [5, 5.41) is 0. The Labute approximate surface area is 106 Å². The van der Waals surface area contributed by atoms with Crippen LogP contribution in [0.5, 0.6) is 0 Å². The van der Waals surface area contributed by atoms with Gasteiger partial charge in [-0.1, -0.05) is 0 Å². The van der Waals surface area contributed by atoms with E-state index in [-0.39, 0.29) is 25.9 Å². The smallest absolute Gasteiger partial charge is 0.330 e. The summed E-state index contributed by atoms with van der Waals surface area (Å²) in [5.41, 5.74) is 5.25. The van der Waals surface area contributed by atoms with Crippen LogP contribution in [0.2, 0.25) is 0 Å². The Hall–Kier alpha value is -0.380. The largest absolute Gasteiger partial charge is 0.389 e. The third-order valence-corrected chi connectivity index (χ3v) is 3.83. The zero-order chi connectivity index (χ0) is 14.2. The van der Waals surface area contributed by atoms with E-state index in [0.717, 1.165) is 4.31 Å². The topological polar surface area (TPSA) is 75.4 Å². The molecule has 0 aromatic heterocycles. The normalized spacial score (nSPS) is 13.2. The molecule has 0 amide bonds. The fourth-order valence-electron chi connectivity index (χ4n) is 1.20. The van der Waals surface area contributed by atoms with Gasteiger partial charge in [0.05, 0.1) is 0 Å². The van der Waals surface area contributed by atoms with Crippen LogP contribution < -0.4 is 10.5 Å². The molecule has 0 spiro atoms. The molecule has 0 saturated carbocycles. The Balaban J connectivity index is 3.84. The van der Waals surface area contributed by atoms with Crippen LogP contribution in [0, 0.1) is 0 Å². The van der Waals surface area contributed by atoms with Crippen molar-refractivity contribution in [3.8, 4) is 0 Å². The molecule has 0 radical (unpaired) electrons. The van der Waals surface area contributed by atoms with Crippen molar-refractivity contribution < 1.29 is 21.6 Å². The number of alkyl halides is 3. The third-order valence-electron chi connectivity index (χ3n) is 2.26. The number of unbranched alkanes of at least 4 members (excludes halogenated alkanes) is 1. The SMILES string of the molecule is CN(CCCN)S(=O)(=O)NCCCCC(F)(F)F. The van der Waals surface area contributed by atoms with Gasteiger partial charge in [-0.3, -0.25) is 0 Å². The van der Waals surface area contributed by atoms with E-state index in [2.05, 4.69) is 4.72 Å². The lowest BCUT2D eigenvalue weighted by Gasteiger charge is -2.17. The van der Waals surface area contributed by atoms with Crippen LogP contribution in [0.4, 0.5) is 13.2 Å². The molecule has 0 aromatic rings. The molecule has 0 atom stereocenters. The Kier molecular flexibility index (Phi) is 7.76. The van der Waals surface area contributed by atoms with E-state index in [9.17, 15) is 21.6 Å². The van der Waals surface area contributed by atoms with Gasteiger partial charge in [0.15, 0.2) is 0 Å². The van der Waals surface area contributed by atoms with Crippen LogP contribution >= 0.6 is 0 Å². The monoisotopic (exact) mass is 291 g/mol. The highest BCUT2D eigenvalue weighted by Crippen LogP contribution is 2.21. The Bertz CT molecular complexity index is 320. The van der Waals surface area contributed by atoms with Crippen molar-refractivity contribution >= 4 is 10.2 Å². The van der Waals surface area contributed by atoms with Gasteiger partial charge in [0.2, 0.25) is 0 Å². The van der Waals surface area contributed by atoms with Gasteiger partial charge >= 0.3 is 6.18 Å². The van der Waals surface area contributed by atoms with Gasteiger partial charge in [-0.2, -0.15) is 25.9 Å². The molecule has 0 saturated heterocycles. The second-order valence-corrected chi connectivity index (χ2v) is 5.80. The molecule has 3 N–H and O–H groups in total. The van der Waals surface area contributed by atoms with Crippen LogP contribution in [-0.2, 0) is 10.2 Å². The van der Waals surface area contributed by atoms with Gasteiger partial charge < -0.3 is 5.73 Å². The van der Waals surface area contributed by atoms with Crippen molar-refractivity contribution in [1.82, 2.24) is 9.03 Å². The van der Waals surface area contributed by atoms with Crippen molar-refractivity contribution in [1.29, 1.82) is 0 Å². The minimum atomic E-state index is -4.18. The first kappa shape index (κ1) is 17.6. The van der Waals surface area contributed by atoms with Gasteiger partial charge in [0.25, 0.3) is 10.2 Å². The van der Waals surface area contributed by atoms with Gasteiger partial charge in [-0.15, -0.1) is 0 Å². The van der Waals surface area contributed by atoms with Gasteiger partial charge in [0.1, 0.15) is 0 Å². The van der Waals surface area contributed by atoms with Crippen LogP contribution in [0.15, 0.2) is 0 Å². The number of hydrogen-bond acceptors (Lipinski definition) is 3. The number of hydrogen-bond donors (Lipinski definition) is 2. The predicted octanol–water partition coefficient (Wildman–Crippen LogP) is 0.834. The third kappa shape index (κ3) is 8.67. The summed E-state index contributed by atoms with van der Waals surface area (Å²) in [6.45, 7) is 0.672. The average Bonchev–Trinajstić information content (AvgIpc) is 2.23. The first-order valence-electron chi connectivity index (χ1n) is 5.67. The van der Waals surface area contributed by atoms with Crippen LogP contribution in [-0.4, -0.2) is 45.6 Å². The molecule has 18 heavy (non-hydrogen) atoms. The first-order valence-corrected chi connectivity index (χ1v) is 7.11. The second-order valence-electron chi connectivity index (χ2n) is 3.94. The highest BCUT2D eigenvalue weighted by atomic mass is 32.2. The van der Waals surface area contributed by atoms with E-state index in [1.54, 1.807) is 0 Å². The van der Waals surface area contributed by atoms with Crippen molar-refractivity contribution in [2.45, 2.75) is 31.9 Å². The summed E-state index contributed by atoms with van der Waals surface area (Å²) in [4.78, 5) is 0. The lowest BCUT2D eigenvalue weighted by Crippen LogP contribution is -2.39. The minimum absolute atomic E-state index is 0.00534. The lowest BCUT2D eigenvalue weighted by molar-refractivity contribution is -0.135. The molecule has 9 heteroatoms. The molecule has 0 aliphatic carbocycles. The maximum Gasteiger partial charge on any atom is 0.389 e. The Morgan fingerprint density at radius 1 is 1.22 bits per heavy atom. The molecule has 0 aliphatic heterocycles. The average molecular weight is 291 g/mol. The highest BCUT2D eigenvalue weighted by molar-refractivity contribution is 7.87. The summed E-state index contributed by atoms with van der Waals surface area (Å²) in [5.74, 6) is 0. The van der Waals surface area contributed by atoms with Crippen molar-refractivity contribution in [2.75, 3.05) is 26.7 Å². The fourth-order valence-corrected chi connectivity index (χ4v) is 2.19. The summed E-state index contributed by atoms with van der Waals surface area (Å²) >= 11 is 0. The van der Waals surface area contributed by atoms with E-state index in [4.69, 9.17) is 5.73 Å². The van der Waals surface area contributed by atoms with E-state index in [0.29, 0.717) is 13.0 Å². The minimum Gasteiger partial charge on any atom is -0.330 e. The molecule has 0 unspecified atom stereocenters. The van der Waals surface area contributed by atoms with E-state index in [1.807, 2.05) is 0 Å². The van der Waals surface area contributed by atoms with Crippen molar-refractivity contribution in [2.24, 2.45) is 5.73 Å². The molecule has 0 rings (SSSR count). The zero-order valence-electron chi connectivity index (χ0n) is 10.3. The molecular formula is C9H20F3N3O2S. The number of nitrogens with two attached hydrogens (primary N) is 1. The van der Waals surface area contributed by atoms with E-state index in [1.165, 1.54) is 7.05 Å². The molecule has 110 valence electrons. The summed E-state index contributed by atoms with van der Waals surface area (Å²) in [7, 11) is -2.21. The van der Waals surface area contributed by atoms with Crippen molar-refractivity contribution in [3.05, 3.63) is 0 Å². The molecule has 0 aromatic carbocycles. The molecule has 5 nitrogen and oxygen atoms in total. The quantitative estimate of drug-likeness (QED) is 0.618. The molecule has 0 bridgehead atoms. The van der Waals surface area contributed by atoms with Crippen molar-refractivity contribution in [3.63, 3.8) is 0 Å². The molecule has 0 heterocycles. The van der Waals surface area contributed by atoms with Gasteiger partial charge in [-0.05, 0) is 25.8 Å². The fraction of sp³-hybridized carbons (Fsp3) is 1.00. The number of nitrogens with zero attached hydrogens (tertiary/aromatic N) is 1. The lowest BCUT2D eigenvalue weighted by atomic mass is 10.2. The second kappa shape index (κ2) is 7.93. The van der Waals surface area contributed by atoms with Gasteiger partial charge in [0, 0.05) is 26.6 Å². The Morgan fingerprint density at radius 3 is 2.33 bits per heavy atom.